The van der Waals surface area contributed by atoms with Crippen molar-refractivity contribution in [1.29, 1.82) is 0 Å². The van der Waals surface area contributed by atoms with E-state index in [1.165, 1.54) is 24.1 Å². The third-order valence-corrected chi connectivity index (χ3v) is 3.52. The molecule has 1 aromatic heterocycles. The van der Waals surface area contributed by atoms with Crippen molar-refractivity contribution in [3.63, 3.8) is 0 Å². The van der Waals surface area contributed by atoms with Gasteiger partial charge in [0.15, 0.2) is 0 Å². The van der Waals surface area contributed by atoms with Crippen LogP contribution in [-0.4, -0.2) is 9.78 Å². The molecule has 0 aliphatic heterocycles. The summed E-state index contributed by atoms with van der Waals surface area (Å²) in [5.41, 5.74) is 8.63. The first-order chi connectivity index (χ1) is 7.19. The molecule has 3 nitrogen and oxygen atoms in total. The smallest absolute Gasteiger partial charge is 0.124 e. The van der Waals surface area contributed by atoms with Crippen LogP contribution in [0.4, 0.5) is 5.82 Å². The van der Waals surface area contributed by atoms with Gasteiger partial charge in [-0.15, -0.1) is 0 Å². The number of rotatable bonds is 4. The molecule has 0 saturated heterocycles. The number of aryl methyl sites for hydroxylation is 1. The lowest BCUT2D eigenvalue weighted by atomic mass is 10.1. The number of hydrogen-bond donors (Lipinski definition) is 1. The van der Waals surface area contributed by atoms with Gasteiger partial charge < -0.3 is 5.73 Å². The quantitative estimate of drug-likeness (QED) is 0.824. The van der Waals surface area contributed by atoms with E-state index in [1.807, 2.05) is 11.7 Å². The van der Waals surface area contributed by atoms with Gasteiger partial charge in [0, 0.05) is 18.5 Å². The third-order valence-electron chi connectivity index (χ3n) is 3.52. The Hall–Kier alpha value is -0.990. The molecule has 0 unspecified atom stereocenters. The zero-order valence-corrected chi connectivity index (χ0v) is 9.95. The van der Waals surface area contributed by atoms with Crippen LogP contribution in [0.3, 0.4) is 0 Å². The fourth-order valence-electron chi connectivity index (χ4n) is 2.44. The van der Waals surface area contributed by atoms with E-state index < -0.39 is 0 Å². The molecule has 1 aliphatic carbocycles. The molecular formula is C12H21N3. The van der Waals surface area contributed by atoms with Crippen LogP contribution in [0.5, 0.6) is 0 Å². The lowest BCUT2D eigenvalue weighted by Gasteiger charge is -2.00. The molecule has 0 bridgehead atoms. The second kappa shape index (κ2) is 3.87. The van der Waals surface area contributed by atoms with Gasteiger partial charge in [-0.1, -0.05) is 26.7 Å². The van der Waals surface area contributed by atoms with Crippen LogP contribution in [0.2, 0.25) is 0 Å². The summed E-state index contributed by atoms with van der Waals surface area (Å²) in [6, 6.07) is 0. The van der Waals surface area contributed by atoms with E-state index in [-0.39, 0.29) is 0 Å². The number of hydrogen-bond acceptors (Lipinski definition) is 2. The average Bonchev–Trinajstić information content (AvgIpc) is 2.95. The van der Waals surface area contributed by atoms with Gasteiger partial charge in [0.2, 0.25) is 0 Å². The Bertz CT molecular complexity index is 354. The highest BCUT2D eigenvalue weighted by Crippen LogP contribution is 2.50. The zero-order chi connectivity index (χ0) is 11.0. The van der Waals surface area contributed by atoms with Gasteiger partial charge >= 0.3 is 0 Å². The summed E-state index contributed by atoms with van der Waals surface area (Å²) in [5.74, 6) is 2.42. The lowest BCUT2D eigenvalue weighted by Crippen LogP contribution is -1.99. The van der Waals surface area contributed by atoms with E-state index in [4.69, 9.17) is 5.73 Å². The second-order valence-electron chi connectivity index (χ2n) is 4.63. The van der Waals surface area contributed by atoms with Gasteiger partial charge in [0.1, 0.15) is 5.82 Å². The molecule has 0 aromatic carbocycles. The van der Waals surface area contributed by atoms with Gasteiger partial charge in [-0.2, -0.15) is 5.10 Å². The fourth-order valence-corrected chi connectivity index (χ4v) is 2.44. The Morgan fingerprint density at radius 3 is 2.73 bits per heavy atom. The predicted octanol–water partition coefficient (Wildman–Crippen LogP) is 2.47. The molecule has 0 spiro atoms. The first-order valence-corrected chi connectivity index (χ1v) is 6.00. The van der Waals surface area contributed by atoms with Crippen molar-refractivity contribution in [2.45, 2.75) is 45.4 Å². The largest absolute Gasteiger partial charge is 0.384 e. The van der Waals surface area contributed by atoms with E-state index in [9.17, 15) is 0 Å². The summed E-state index contributed by atoms with van der Waals surface area (Å²) in [6.07, 6.45) is 4.80. The highest BCUT2D eigenvalue weighted by atomic mass is 15.3. The van der Waals surface area contributed by atoms with Crippen molar-refractivity contribution in [1.82, 2.24) is 9.78 Å². The highest BCUT2D eigenvalue weighted by Gasteiger charge is 2.40. The van der Waals surface area contributed by atoms with Gasteiger partial charge in [-0.3, -0.25) is 4.68 Å². The molecule has 2 rings (SSSR count). The predicted molar refractivity (Wildman–Crippen MR) is 62.8 cm³/mol. The van der Waals surface area contributed by atoms with Crippen LogP contribution in [0, 0.1) is 5.92 Å². The van der Waals surface area contributed by atoms with Gasteiger partial charge in [-0.25, -0.2) is 0 Å². The Balaban J connectivity index is 2.26. The molecular weight excluding hydrogens is 186 g/mol. The van der Waals surface area contributed by atoms with Crippen molar-refractivity contribution in [2.24, 2.45) is 13.0 Å². The molecule has 1 aliphatic rings. The van der Waals surface area contributed by atoms with Crippen molar-refractivity contribution >= 4 is 5.82 Å². The summed E-state index contributed by atoms with van der Waals surface area (Å²) in [5, 5.41) is 4.58. The minimum absolute atomic E-state index is 0.694. The first kappa shape index (κ1) is 10.5. The maximum Gasteiger partial charge on any atom is 0.124 e. The zero-order valence-electron chi connectivity index (χ0n) is 9.95. The summed E-state index contributed by atoms with van der Waals surface area (Å²) in [7, 11) is 1.95. The average molecular weight is 207 g/mol. The van der Waals surface area contributed by atoms with Crippen molar-refractivity contribution in [2.75, 3.05) is 5.73 Å². The molecule has 1 fully saturated rings. The van der Waals surface area contributed by atoms with E-state index in [0.717, 1.165) is 24.6 Å². The van der Waals surface area contributed by atoms with Gasteiger partial charge in [0.05, 0.1) is 5.69 Å². The van der Waals surface area contributed by atoms with Gasteiger partial charge in [-0.05, 0) is 18.8 Å². The van der Waals surface area contributed by atoms with Crippen molar-refractivity contribution in [3.05, 3.63) is 11.3 Å². The number of nitrogen functional groups attached to an aromatic ring is 1. The summed E-state index contributed by atoms with van der Waals surface area (Å²) in [6.45, 7) is 4.46. The van der Waals surface area contributed by atoms with Crippen molar-refractivity contribution < 1.29 is 0 Å². The Morgan fingerprint density at radius 2 is 2.20 bits per heavy atom. The molecule has 15 heavy (non-hydrogen) atoms. The third kappa shape index (κ3) is 1.75. The van der Waals surface area contributed by atoms with Crippen LogP contribution in [0.25, 0.3) is 0 Å². The summed E-state index contributed by atoms with van der Waals surface area (Å²) >= 11 is 0. The fraction of sp³-hybridized carbons (Fsp3) is 0.750. The van der Waals surface area contributed by atoms with E-state index in [1.54, 1.807) is 0 Å². The molecule has 1 saturated carbocycles. The van der Waals surface area contributed by atoms with Gasteiger partial charge in [0.25, 0.3) is 0 Å². The van der Waals surface area contributed by atoms with E-state index in [0.29, 0.717) is 5.92 Å². The number of nitrogens with zero attached hydrogens (tertiary/aromatic N) is 2. The summed E-state index contributed by atoms with van der Waals surface area (Å²) < 4.78 is 1.84. The Labute approximate surface area is 91.7 Å². The topological polar surface area (TPSA) is 43.8 Å². The lowest BCUT2D eigenvalue weighted by molar-refractivity contribution is 0.715. The SMILES string of the molecule is CCCc1c([C@@H]2C[C@H]2CC)nn(C)c1N. The molecule has 2 N–H and O–H groups in total. The Kier molecular flexibility index (Phi) is 2.72. The highest BCUT2D eigenvalue weighted by molar-refractivity contribution is 5.46. The normalized spacial score (nSPS) is 24.5. The maximum atomic E-state index is 6.04. The van der Waals surface area contributed by atoms with E-state index in [2.05, 4.69) is 18.9 Å². The van der Waals surface area contributed by atoms with Crippen LogP contribution in [0.15, 0.2) is 0 Å². The van der Waals surface area contributed by atoms with Crippen LogP contribution in [0.1, 0.15) is 50.3 Å². The number of nitrogens with two attached hydrogens (primary N) is 1. The number of aromatic nitrogens is 2. The summed E-state index contributed by atoms with van der Waals surface area (Å²) in [4.78, 5) is 0. The van der Waals surface area contributed by atoms with Crippen LogP contribution < -0.4 is 5.73 Å². The Morgan fingerprint density at radius 1 is 1.47 bits per heavy atom. The van der Waals surface area contributed by atoms with Crippen molar-refractivity contribution in [3.8, 4) is 0 Å². The maximum absolute atomic E-state index is 6.04. The molecule has 1 aromatic rings. The molecule has 0 amide bonds. The first-order valence-electron chi connectivity index (χ1n) is 6.00. The molecule has 0 radical (unpaired) electrons. The molecule has 1 heterocycles. The number of anilines is 1. The second-order valence-corrected chi connectivity index (χ2v) is 4.63. The molecule has 2 atom stereocenters. The van der Waals surface area contributed by atoms with Crippen LogP contribution >= 0.6 is 0 Å². The molecule has 3 heteroatoms. The standard InChI is InChI=1S/C12H21N3/c1-4-6-9-11(10-7-8(10)5-2)14-15(3)12(9)13/h8,10H,4-7,13H2,1-3H3/t8-,10-/m1/s1. The van der Waals surface area contributed by atoms with Crippen LogP contribution in [-0.2, 0) is 13.5 Å². The van der Waals surface area contributed by atoms with E-state index >= 15 is 0 Å². The molecule has 84 valence electrons. The monoisotopic (exact) mass is 207 g/mol. The minimum Gasteiger partial charge on any atom is -0.384 e. The minimum atomic E-state index is 0.694.